The van der Waals surface area contributed by atoms with Crippen LogP contribution in [0.15, 0.2) is 24.3 Å². The zero-order chi connectivity index (χ0) is 12.1. The molecule has 2 heteroatoms. The van der Waals surface area contributed by atoms with Crippen LogP contribution < -0.4 is 10.5 Å². The normalized spacial score (nSPS) is 16.8. The second kappa shape index (κ2) is 6.06. The molecule has 1 aromatic carbocycles. The molecule has 1 fully saturated rings. The molecule has 0 amide bonds. The van der Waals surface area contributed by atoms with E-state index in [-0.39, 0.29) is 0 Å². The van der Waals surface area contributed by atoms with Gasteiger partial charge in [0.05, 0.1) is 6.61 Å². The Morgan fingerprint density at radius 3 is 2.59 bits per heavy atom. The fraction of sp³-hybridized carbons (Fsp3) is 0.600. The number of nitrogens with two attached hydrogens (primary N) is 1. The zero-order valence-corrected chi connectivity index (χ0v) is 10.7. The summed E-state index contributed by atoms with van der Waals surface area (Å²) < 4.78 is 5.56. The molecule has 0 heterocycles. The molecule has 0 aromatic heterocycles. The average molecular weight is 233 g/mol. The van der Waals surface area contributed by atoms with Crippen LogP contribution >= 0.6 is 0 Å². The third kappa shape index (κ3) is 4.04. The molecular formula is C15H23NO. The molecule has 0 spiro atoms. The first-order chi connectivity index (χ1) is 8.29. The standard InChI is InChI=1S/C15H23NO/c1-2-11-17-14-8-3-12(4-9-14)5-10-15(16)13-6-7-13/h3-4,8-9,13,15H,2,5-7,10-11,16H2,1H3. The first-order valence-corrected chi connectivity index (χ1v) is 6.77. The van der Waals surface area contributed by atoms with Crippen molar-refractivity contribution >= 4 is 0 Å². The van der Waals surface area contributed by atoms with Gasteiger partial charge < -0.3 is 10.5 Å². The van der Waals surface area contributed by atoms with Crippen LogP contribution in [-0.2, 0) is 6.42 Å². The lowest BCUT2D eigenvalue weighted by Crippen LogP contribution is -2.22. The number of hydrogen-bond donors (Lipinski definition) is 1. The van der Waals surface area contributed by atoms with Crippen LogP contribution in [0.1, 0.15) is 38.2 Å². The fourth-order valence-corrected chi connectivity index (χ4v) is 2.07. The van der Waals surface area contributed by atoms with Gasteiger partial charge in [-0.1, -0.05) is 19.1 Å². The van der Waals surface area contributed by atoms with Crippen LogP contribution in [0.5, 0.6) is 5.75 Å². The van der Waals surface area contributed by atoms with Gasteiger partial charge in [-0.25, -0.2) is 0 Å². The summed E-state index contributed by atoms with van der Waals surface area (Å²) >= 11 is 0. The first kappa shape index (κ1) is 12.4. The van der Waals surface area contributed by atoms with Crippen molar-refractivity contribution in [1.29, 1.82) is 0 Å². The van der Waals surface area contributed by atoms with E-state index in [0.29, 0.717) is 6.04 Å². The third-order valence-electron chi connectivity index (χ3n) is 3.39. The summed E-state index contributed by atoms with van der Waals surface area (Å²) in [4.78, 5) is 0. The van der Waals surface area contributed by atoms with E-state index in [1.54, 1.807) is 0 Å². The van der Waals surface area contributed by atoms with E-state index < -0.39 is 0 Å². The maximum Gasteiger partial charge on any atom is 0.119 e. The molecule has 1 saturated carbocycles. The van der Waals surface area contributed by atoms with Gasteiger partial charge in [0.15, 0.2) is 0 Å². The molecule has 0 radical (unpaired) electrons. The second-order valence-corrected chi connectivity index (χ2v) is 5.03. The maximum absolute atomic E-state index is 6.10. The molecule has 2 nitrogen and oxygen atoms in total. The summed E-state index contributed by atoms with van der Waals surface area (Å²) in [7, 11) is 0. The van der Waals surface area contributed by atoms with Crippen molar-refractivity contribution in [1.82, 2.24) is 0 Å². The maximum atomic E-state index is 6.10. The van der Waals surface area contributed by atoms with E-state index in [4.69, 9.17) is 10.5 Å². The smallest absolute Gasteiger partial charge is 0.119 e. The molecule has 1 aliphatic carbocycles. The minimum Gasteiger partial charge on any atom is -0.494 e. The molecule has 2 N–H and O–H groups in total. The first-order valence-electron chi connectivity index (χ1n) is 6.77. The Morgan fingerprint density at radius 2 is 2.00 bits per heavy atom. The number of aryl methyl sites for hydroxylation is 1. The summed E-state index contributed by atoms with van der Waals surface area (Å²) in [5.41, 5.74) is 7.46. The summed E-state index contributed by atoms with van der Waals surface area (Å²) in [6, 6.07) is 8.85. The van der Waals surface area contributed by atoms with Crippen LogP contribution in [-0.4, -0.2) is 12.6 Å². The van der Waals surface area contributed by atoms with Crippen molar-refractivity contribution in [3.05, 3.63) is 29.8 Å². The van der Waals surface area contributed by atoms with Crippen molar-refractivity contribution in [2.75, 3.05) is 6.61 Å². The Morgan fingerprint density at radius 1 is 1.29 bits per heavy atom. The van der Waals surface area contributed by atoms with Gasteiger partial charge in [0.25, 0.3) is 0 Å². The van der Waals surface area contributed by atoms with Crippen molar-refractivity contribution in [2.45, 2.75) is 45.1 Å². The molecule has 94 valence electrons. The molecule has 1 aromatic rings. The minimum atomic E-state index is 0.408. The lowest BCUT2D eigenvalue weighted by molar-refractivity contribution is 0.317. The van der Waals surface area contributed by atoms with Crippen LogP contribution in [0.25, 0.3) is 0 Å². The molecule has 0 aliphatic heterocycles. The van der Waals surface area contributed by atoms with Gasteiger partial charge in [0.1, 0.15) is 5.75 Å². The highest BCUT2D eigenvalue weighted by Gasteiger charge is 2.27. The Kier molecular flexibility index (Phi) is 4.43. The topological polar surface area (TPSA) is 35.2 Å². The van der Waals surface area contributed by atoms with E-state index in [2.05, 4.69) is 31.2 Å². The molecule has 0 saturated heterocycles. The van der Waals surface area contributed by atoms with E-state index >= 15 is 0 Å². The summed E-state index contributed by atoms with van der Waals surface area (Å²) in [6.07, 6.45) is 5.93. The van der Waals surface area contributed by atoms with Crippen molar-refractivity contribution in [3.8, 4) is 5.75 Å². The van der Waals surface area contributed by atoms with Gasteiger partial charge in [0.2, 0.25) is 0 Å². The number of rotatable bonds is 7. The van der Waals surface area contributed by atoms with E-state index in [0.717, 1.165) is 37.5 Å². The SMILES string of the molecule is CCCOc1ccc(CCC(N)C2CC2)cc1. The predicted molar refractivity (Wildman–Crippen MR) is 71.2 cm³/mol. The Labute approximate surface area is 104 Å². The second-order valence-electron chi connectivity index (χ2n) is 5.03. The largest absolute Gasteiger partial charge is 0.494 e. The lowest BCUT2D eigenvalue weighted by atomic mass is 10.0. The monoisotopic (exact) mass is 233 g/mol. The van der Waals surface area contributed by atoms with Gasteiger partial charge in [-0.3, -0.25) is 0 Å². The van der Waals surface area contributed by atoms with Gasteiger partial charge >= 0.3 is 0 Å². The van der Waals surface area contributed by atoms with Gasteiger partial charge in [0, 0.05) is 6.04 Å². The number of benzene rings is 1. The molecule has 1 atom stereocenters. The van der Waals surface area contributed by atoms with Crippen LogP contribution in [0.2, 0.25) is 0 Å². The highest BCUT2D eigenvalue weighted by molar-refractivity contribution is 5.27. The van der Waals surface area contributed by atoms with Crippen molar-refractivity contribution in [2.24, 2.45) is 11.7 Å². The molecule has 1 aliphatic rings. The Hall–Kier alpha value is -1.02. The number of hydrogen-bond acceptors (Lipinski definition) is 2. The van der Waals surface area contributed by atoms with Gasteiger partial charge in [-0.15, -0.1) is 0 Å². The van der Waals surface area contributed by atoms with E-state index in [9.17, 15) is 0 Å². The summed E-state index contributed by atoms with van der Waals surface area (Å²) in [6.45, 7) is 2.92. The van der Waals surface area contributed by atoms with Gasteiger partial charge in [-0.05, 0) is 55.7 Å². The van der Waals surface area contributed by atoms with Gasteiger partial charge in [-0.2, -0.15) is 0 Å². The highest BCUT2D eigenvalue weighted by Crippen LogP contribution is 2.33. The summed E-state index contributed by atoms with van der Waals surface area (Å²) in [5.74, 6) is 1.78. The zero-order valence-electron chi connectivity index (χ0n) is 10.7. The van der Waals surface area contributed by atoms with E-state index in [1.807, 2.05) is 0 Å². The Bertz CT molecular complexity index is 329. The third-order valence-corrected chi connectivity index (χ3v) is 3.39. The van der Waals surface area contributed by atoms with Crippen molar-refractivity contribution in [3.63, 3.8) is 0 Å². The quantitative estimate of drug-likeness (QED) is 0.785. The predicted octanol–water partition coefficient (Wildman–Crippen LogP) is 3.15. The van der Waals surface area contributed by atoms with Crippen LogP contribution in [0, 0.1) is 5.92 Å². The average Bonchev–Trinajstić information content (AvgIpc) is 3.19. The van der Waals surface area contributed by atoms with Crippen LogP contribution in [0.3, 0.4) is 0 Å². The molecule has 2 rings (SSSR count). The molecule has 1 unspecified atom stereocenters. The van der Waals surface area contributed by atoms with Crippen LogP contribution in [0.4, 0.5) is 0 Å². The molecule has 17 heavy (non-hydrogen) atoms. The highest BCUT2D eigenvalue weighted by atomic mass is 16.5. The summed E-state index contributed by atoms with van der Waals surface area (Å²) in [5, 5.41) is 0. The Balaban J connectivity index is 1.76. The minimum absolute atomic E-state index is 0.408. The van der Waals surface area contributed by atoms with Crippen molar-refractivity contribution < 1.29 is 4.74 Å². The lowest BCUT2D eigenvalue weighted by Gasteiger charge is -2.10. The molecule has 0 bridgehead atoms. The fourth-order valence-electron chi connectivity index (χ4n) is 2.07. The number of ether oxygens (including phenoxy) is 1. The molecular weight excluding hydrogens is 210 g/mol. The van der Waals surface area contributed by atoms with E-state index in [1.165, 1.54) is 18.4 Å².